The zero-order valence-corrected chi connectivity index (χ0v) is 17.8. The van der Waals surface area contributed by atoms with Gasteiger partial charge >= 0.3 is 0 Å². The summed E-state index contributed by atoms with van der Waals surface area (Å²) in [5.41, 5.74) is 4.43. The van der Waals surface area contributed by atoms with E-state index in [0.717, 1.165) is 16.7 Å². The van der Waals surface area contributed by atoms with E-state index in [9.17, 15) is 4.79 Å². The molecule has 0 saturated carbocycles. The number of nitrogens with zero attached hydrogens (tertiary/aromatic N) is 1. The number of rotatable bonds is 5. The second kappa shape index (κ2) is 7.86. The summed E-state index contributed by atoms with van der Waals surface area (Å²) in [6.07, 6.45) is 2.20. The van der Waals surface area contributed by atoms with Gasteiger partial charge in [-0.05, 0) is 34.2 Å². The van der Waals surface area contributed by atoms with Crippen LogP contribution in [-0.4, -0.2) is 23.2 Å². The molecule has 6 heteroatoms. The molecule has 6 nitrogen and oxygen atoms in total. The fourth-order valence-corrected chi connectivity index (χ4v) is 3.99. The van der Waals surface area contributed by atoms with Crippen molar-refractivity contribution in [1.82, 2.24) is 10.2 Å². The molecule has 4 rings (SSSR count). The molecule has 0 fully saturated rings. The summed E-state index contributed by atoms with van der Waals surface area (Å²) < 4.78 is 11.8. The lowest BCUT2D eigenvalue weighted by Crippen LogP contribution is -2.23. The van der Waals surface area contributed by atoms with Crippen molar-refractivity contribution in [2.24, 2.45) is 0 Å². The number of nitrogens with one attached hydrogen (secondary N) is 2. The average Bonchev–Trinajstić information content (AvgIpc) is 3.19. The lowest BCUT2D eigenvalue weighted by atomic mass is 9.84. The predicted molar refractivity (Wildman–Crippen MR) is 116 cm³/mol. The Morgan fingerprint density at radius 3 is 2.70 bits per heavy atom. The number of carbonyl (C=O) groups is 1. The maximum absolute atomic E-state index is 12.1. The largest absolute Gasteiger partial charge is 0.493 e. The van der Waals surface area contributed by atoms with Gasteiger partial charge in [-0.1, -0.05) is 51.1 Å². The van der Waals surface area contributed by atoms with Crippen LogP contribution in [-0.2, 0) is 16.8 Å². The van der Waals surface area contributed by atoms with Crippen LogP contribution in [0.3, 0.4) is 0 Å². The number of H-pyrrole nitrogens is 1. The Labute approximate surface area is 176 Å². The first kappa shape index (κ1) is 20.0. The second-order valence-corrected chi connectivity index (χ2v) is 8.60. The Hall–Kier alpha value is -3.28. The molecule has 0 bridgehead atoms. The molecule has 2 heterocycles. The number of carbonyl (C=O) groups excluding carboxylic acids is 1. The van der Waals surface area contributed by atoms with Gasteiger partial charge in [0.2, 0.25) is 5.91 Å². The van der Waals surface area contributed by atoms with Crippen LogP contribution in [0, 0.1) is 0 Å². The van der Waals surface area contributed by atoms with Crippen LogP contribution in [0.1, 0.15) is 55.4 Å². The Bertz CT molecular complexity index is 1070. The van der Waals surface area contributed by atoms with Crippen LogP contribution < -0.4 is 14.8 Å². The first-order valence-corrected chi connectivity index (χ1v) is 10.1. The van der Waals surface area contributed by atoms with E-state index in [0.29, 0.717) is 30.3 Å². The number of aromatic nitrogens is 2. The van der Waals surface area contributed by atoms with Crippen LogP contribution in [0.5, 0.6) is 11.5 Å². The molecule has 1 aromatic heterocycles. The van der Waals surface area contributed by atoms with Crippen molar-refractivity contribution >= 4 is 11.7 Å². The number of benzene rings is 2. The van der Waals surface area contributed by atoms with Crippen molar-refractivity contribution in [2.75, 3.05) is 12.4 Å². The van der Waals surface area contributed by atoms with Gasteiger partial charge in [0.1, 0.15) is 6.61 Å². The van der Waals surface area contributed by atoms with E-state index in [1.54, 1.807) is 7.11 Å². The van der Waals surface area contributed by atoms with Gasteiger partial charge in [-0.2, -0.15) is 5.10 Å². The summed E-state index contributed by atoms with van der Waals surface area (Å²) in [7, 11) is 1.63. The van der Waals surface area contributed by atoms with Crippen LogP contribution in [0.15, 0.2) is 48.7 Å². The van der Waals surface area contributed by atoms with E-state index in [1.807, 2.05) is 30.5 Å². The predicted octanol–water partition coefficient (Wildman–Crippen LogP) is 4.77. The fraction of sp³-hybridized carbons (Fsp3) is 0.333. The fourth-order valence-electron chi connectivity index (χ4n) is 3.99. The smallest absolute Gasteiger partial charge is 0.226 e. The number of anilines is 1. The molecule has 1 aliphatic rings. The topological polar surface area (TPSA) is 76.2 Å². The van der Waals surface area contributed by atoms with Gasteiger partial charge in [-0.3, -0.25) is 9.89 Å². The number of hydrogen-bond donors (Lipinski definition) is 2. The van der Waals surface area contributed by atoms with Crippen LogP contribution in [0.2, 0.25) is 0 Å². The van der Waals surface area contributed by atoms with Crippen molar-refractivity contribution in [3.63, 3.8) is 0 Å². The molecule has 30 heavy (non-hydrogen) atoms. The number of ether oxygens (including phenoxy) is 2. The van der Waals surface area contributed by atoms with E-state index in [-0.39, 0.29) is 17.2 Å². The van der Waals surface area contributed by atoms with Crippen molar-refractivity contribution in [1.29, 1.82) is 0 Å². The number of fused-ring (bicyclic) bond motifs is 1. The van der Waals surface area contributed by atoms with E-state index in [4.69, 9.17) is 9.47 Å². The minimum absolute atomic E-state index is 0.0394. The number of amides is 1. The number of methoxy groups -OCH3 is 1. The summed E-state index contributed by atoms with van der Waals surface area (Å²) in [5.74, 6) is 1.80. The normalized spacial score (nSPS) is 16.0. The second-order valence-electron chi connectivity index (χ2n) is 8.60. The molecule has 1 atom stereocenters. The Morgan fingerprint density at radius 1 is 1.13 bits per heavy atom. The van der Waals surface area contributed by atoms with Crippen molar-refractivity contribution < 1.29 is 14.3 Å². The lowest BCUT2D eigenvalue weighted by molar-refractivity contribution is -0.116. The standard InChI is InChI=1S/C24H27N3O3/c1-24(2,3)19-8-6-5-7-16(19)14-30-20-10-9-15(11-21(20)29-4)17-12-22(28)26-23-18(17)13-25-27-23/h5-11,13,17H,12,14H2,1-4H3,(H2,25,26,27,28). The van der Waals surface area contributed by atoms with Crippen LogP contribution in [0.25, 0.3) is 0 Å². The van der Waals surface area contributed by atoms with Gasteiger partial charge in [0.15, 0.2) is 17.3 Å². The molecule has 3 aromatic rings. The van der Waals surface area contributed by atoms with Crippen molar-refractivity contribution in [3.05, 3.63) is 70.9 Å². The minimum Gasteiger partial charge on any atom is -0.493 e. The molecule has 1 amide bonds. The SMILES string of the molecule is COc1cc(C2CC(=O)Nc3n[nH]cc32)ccc1OCc1ccccc1C(C)(C)C. The lowest BCUT2D eigenvalue weighted by Gasteiger charge is -2.24. The van der Waals surface area contributed by atoms with E-state index >= 15 is 0 Å². The van der Waals surface area contributed by atoms with Gasteiger partial charge in [0.25, 0.3) is 0 Å². The molecular weight excluding hydrogens is 378 g/mol. The summed E-state index contributed by atoms with van der Waals surface area (Å²) in [4.78, 5) is 12.1. The average molecular weight is 405 g/mol. The summed E-state index contributed by atoms with van der Waals surface area (Å²) in [5, 5.41) is 9.76. The van der Waals surface area contributed by atoms with Gasteiger partial charge in [0.05, 0.1) is 7.11 Å². The molecule has 1 aliphatic heterocycles. The van der Waals surface area contributed by atoms with Crippen LogP contribution in [0.4, 0.5) is 5.82 Å². The third kappa shape index (κ3) is 3.90. The van der Waals surface area contributed by atoms with Gasteiger partial charge in [-0.25, -0.2) is 0 Å². The summed E-state index contributed by atoms with van der Waals surface area (Å²) in [6.45, 7) is 7.06. The van der Waals surface area contributed by atoms with E-state index < -0.39 is 0 Å². The molecule has 0 radical (unpaired) electrons. The van der Waals surface area contributed by atoms with Crippen molar-refractivity contribution in [2.45, 2.75) is 45.1 Å². The molecule has 0 aliphatic carbocycles. The number of hydrogen-bond acceptors (Lipinski definition) is 4. The highest BCUT2D eigenvalue weighted by Gasteiger charge is 2.29. The van der Waals surface area contributed by atoms with Crippen molar-refractivity contribution in [3.8, 4) is 11.5 Å². The van der Waals surface area contributed by atoms with Crippen LogP contribution >= 0.6 is 0 Å². The molecule has 156 valence electrons. The van der Waals surface area contributed by atoms with Gasteiger partial charge < -0.3 is 14.8 Å². The molecule has 1 unspecified atom stereocenters. The summed E-state index contributed by atoms with van der Waals surface area (Å²) >= 11 is 0. The van der Waals surface area contributed by atoms with E-state index in [1.165, 1.54) is 5.56 Å². The first-order chi connectivity index (χ1) is 14.4. The molecular formula is C24H27N3O3. The molecule has 2 aromatic carbocycles. The highest BCUT2D eigenvalue weighted by molar-refractivity contribution is 5.94. The highest BCUT2D eigenvalue weighted by Crippen LogP contribution is 2.39. The monoisotopic (exact) mass is 405 g/mol. The first-order valence-electron chi connectivity index (χ1n) is 10.1. The molecule has 0 saturated heterocycles. The quantitative estimate of drug-likeness (QED) is 0.641. The van der Waals surface area contributed by atoms with Gasteiger partial charge in [0, 0.05) is 24.1 Å². The molecule has 2 N–H and O–H groups in total. The molecule has 0 spiro atoms. The maximum Gasteiger partial charge on any atom is 0.226 e. The zero-order valence-electron chi connectivity index (χ0n) is 17.8. The van der Waals surface area contributed by atoms with Gasteiger partial charge in [-0.15, -0.1) is 0 Å². The Morgan fingerprint density at radius 2 is 1.93 bits per heavy atom. The minimum atomic E-state index is -0.0722. The Kier molecular flexibility index (Phi) is 5.24. The zero-order chi connectivity index (χ0) is 21.3. The summed E-state index contributed by atoms with van der Waals surface area (Å²) in [6, 6.07) is 14.2. The van der Waals surface area contributed by atoms with E-state index in [2.05, 4.69) is 54.5 Å². The Balaban J connectivity index is 1.59. The highest BCUT2D eigenvalue weighted by atomic mass is 16.5. The number of aromatic amines is 1. The third-order valence-electron chi connectivity index (χ3n) is 5.49. The third-order valence-corrected chi connectivity index (χ3v) is 5.49. The maximum atomic E-state index is 12.1.